The van der Waals surface area contributed by atoms with Gasteiger partial charge >= 0.3 is 5.97 Å². The highest BCUT2D eigenvalue weighted by atomic mass is 35.5. The van der Waals surface area contributed by atoms with Gasteiger partial charge in [-0.2, -0.15) is 0 Å². The van der Waals surface area contributed by atoms with E-state index in [0.717, 1.165) is 6.42 Å². The Morgan fingerprint density at radius 1 is 1.75 bits per heavy atom. The quantitative estimate of drug-likeness (QED) is 0.631. The molecule has 0 aromatic rings. The van der Waals surface area contributed by atoms with Gasteiger partial charge in [0.05, 0.1) is 0 Å². The fourth-order valence-corrected chi connectivity index (χ4v) is 1.06. The lowest BCUT2D eigenvalue weighted by molar-refractivity contribution is -0.151. The second kappa shape index (κ2) is 3.78. The first-order chi connectivity index (χ1) is 5.66. The molecule has 0 saturated carbocycles. The van der Waals surface area contributed by atoms with Crippen LogP contribution in [0.3, 0.4) is 0 Å². The summed E-state index contributed by atoms with van der Waals surface area (Å²) < 4.78 is 4.43. The van der Waals surface area contributed by atoms with Gasteiger partial charge in [-0.25, -0.2) is 4.79 Å². The lowest BCUT2D eigenvalue weighted by Gasteiger charge is -2.08. The number of carbonyl (C=O) groups excluding carboxylic acids is 1. The van der Waals surface area contributed by atoms with Crippen molar-refractivity contribution >= 4 is 17.6 Å². The Morgan fingerprint density at radius 2 is 2.42 bits per heavy atom. The Bertz CT molecular complexity index is 227. The molecule has 0 bridgehead atoms. The SMILES string of the molecule is CCCNC1=C(Cl)C(=O)OC1O. The number of rotatable bonds is 3. The van der Waals surface area contributed by atoms with E-state index in [1.54, 1.807) is 0 Å². The van der Waals surface area contributed by atoms with E-state index >= 15 is 0 Å². The second-order valence-corrected chi connectivity index (χ2v) is 2.79. The molecule has 68 valence electrons. The van der Waals surface area contributed by atoms with Gasteiger partial charge < -0.3 is 15.2 Å². The van der Waals surface area contributed by atoms with Crippen LogP contribution in [0, 0.1) is 0 Å². The molecule has 0 saturated heterocycles. The maximum atomic E-state index is 10.7. The highest BCUT2D eigenvalue weighted by Gasteiger charge is 2.31. The first kappa shape index (κ1) is 9.35. The van der Waals surface area contributed by atoms with Crippen molar-refractivity contribution < 1.29 is 14.6 Å². The van der Waals surface area contributed by atoms with Crippen molar-refractivity contribution in [3.8, 4) is 0 Å². The second-order valence-electron chi connectivity index (χ2n) is 2.41. The van der Waals surface area contributed by atoms with Crippen LogP contribution in [0.5, 0.6) is 0 Å². The summed E-state index contributed by atoms with van der Waals surface area (Å²) >= 11 is 5.54. The minimum atomic E-state index is -1.23. The molecule has 1 aliphatic rings. The minimum Gasteiger partial charge on any atom is -0.425 e. The zero-order valence-electron chi connectivity index (χ0n) is 6.63. The first-order valence-corrected chi connectivity index (χ1v) is 4.07. The fourth-order valence-electron chi connectivity index (χ4n) is 0.855. The number of aliphatic hydroxyl groups is 1. The smallest absolute Gasteiger partial charge is 0.354 e. The molecule has 0 spiro atoms. The lowest BCUT2D eigenvalue weighted by atomic mass is 10.4. The van der Waals surface area contributed by atoms with Crippen molar-refractivity contribution in [2.24, 2.45) is 0 Å². The summed E-state index contributed by atoms with van der Waals surface area (Å²) in [4.78, 5) is 10.7. The monoisotopic (exact) mass is 191 g/mol. The van der Waals surface area contributed by atoms with Gasteiger partial charge in [0.1, 0.15) is 5.70 Å². The average molecular weight is 192 g/mol. The van der Waals surface area contributed by atoms with E-state index in [2.05, 4.69) is 10.1 Å². The number of cyclic esters (lactones) is 1. The number of hydrogen-bond donors (Lipinski definition) is 2. The number of halogens is 1. The van der Waals surface area contributed by atoms with Gasteiger partial charge in [-0.15, -0.1) is 0 Å². The molecular weight excluding hydrogens is 182 g/mol. The molecule has 0 aliphatic carbocycles. The summed E-state index contributed by atoms with van der Waals surface area (Å²) in [5, 5.41) is 11.9. The van der Waals surface area contributed by atoms with Crippen LogP contribution >= 0.6 is 11.6 Å². The van der Waals surface area contributed by atoms with Crippen LogP contribution < -0.4 is 5.32 Å². The maximum Gasteiger partial charge on any atom is 0.354 e. The highest BCUT2D eigenvalue weighted by Crippen LogP contribution is 2.21. The molecule has 0 aromatic carbocycles. The van der Waals surface area contributed by atoms with Gasteiger partial charge in [0.15, 0.2) is 5.03 Å². The Balaban J connectivity index is 2.65. The summed E-state index contributed by atoms with van der Waals surface area (Å²) in [6.07, 6.45) is -0.342. The predicted molar refractivity (Wildman–Crippen MR) is 43.3 cm³/mol. The topological polar surface area (TPSA) is 58.6 Å². The molecule has 1 atom stereocenters. The van der Waals surface area contributed by atoms with Crippen LogP contribution in [-0.2, 0) is 9.53 Å². The van der Waals surface area contributed by atoms with E-state index in [1.165, 1.54) is 0 Å². The van der Waals surface area contributed by atoms with Gasteiger partial charge in [0.25, 0.3) is 0 Å². The van der Waals surface area contributed by atoms with Crippen LogP contribution in [0.1, 0.15) is 13.3 Å². The van der Waals surface area contributed by atoms with Crippen LogP contribution in [0.15, 0.2) is 10.7 Å². The molecule has 0 fully saturated rings. The molecule has 4 nitrogen and oxygen atoms in total. The number of ether oxygens (including phenoxy) is 1. The lowest BCUT2D eigenvalue weighted by Crippen LogP contribution is -2.23. The molecule has 12 heavy (non-hydrogen) atoms. The van der Waals surface area contributed by atoms with Crippen LogP contribution in [-0.4, -0.2) is 23.9 Å². The third kappa shape index (κ3) is 1.70. The molecule has 1 aliphatic heterocycles. The molecule has 5 heteroatoms. The highest BCUT2D eigenvalue weighted by molar-refractivity contribution is 6.42. The van der Waals surface area contributed by atoms with Gasteiger partial charge in [0, 0.05) is 6.54 Å². The largest absolute Gasteiger partial charge is 0.425 e. The van der Waals surface area contributed by atoms with E-state index < -0.39 is 12.3 Å². The zero-order valence-corrected chi connectivity index (χ0v) is 7.39. The molecule has 0 amide bonds. The fraction of sp³-hybridized carbons (Fsp3) is 0.571. The van der Waals surface area contributed by atoms with Gasteiger partial charge in [-0.3, -0.25) is 0 Å². The normalized spacial score (nSPS) is 22.9. The number of carbonyl (C=O) groups is 1. The number of hydrogen-bond acceptors (Lipinski definition) is 4. The zero-order chi connectivity index (χ0) is 9.14. The third-order valence-electron chi connectivity index (χ3n) is 1.45. The van der Waals surface area contributed by atoms with Crippen molar-refractivity contribution in [2.45, 2.75) is 19.6 Å². The van der Waals surface area contributed by atoms with Crippen molar-refractivity contribution in [1.82, 2.24) is 5.32 Å². The molecule has 0 radical (unpaired) electrons. The van der Waals surface area contributed by atoms with Crippen molar-refractivity contribution in [3.63, 3.8) is 0 Å². The van der Waals surface area contributed by atoms with Crippen LogP contribution in [0.2, 0.25) is 0 Å². The van der Waals surface area contributed by atoms with E-state index in [9.17, 15) is 4.79 Å². The summed E-state index contributed by atoms with van der Waals surface area (Å²) in [5.41, 5.74) is 0.267. The van der Waals surface area contributed by atoms with Crippen molar-refractivity contribution in [3.05, 3.63) is 10.7 Å². The first-order valence-electron chi connectivity index (χ1n) is 3.69. The number of nitrogens with one attached hydrogen (secondary N) is 1. The Labute approximate surface area is 75.2 Å². The summed E-state index contributed by atoms with van der Waals surface area (Å²) in [5.74, 6) is -0.678. The molecule has 2 N–H and O–H groups in total. The summed E-state index contributed by atoms with van der Waals surface area (Å²) in [7, 11) is 0. The van der Waals surface area contributed by atoms with E-state index in [4.69, 9.17) is 16.7 Å². The van der Waals surface area contributed by atoms with Crippen molar-refractivity contribution in [1.29, 1.82) is 0 Å². The summed E-state index contributed by atoms with van der Waals surface area (Å²) in [6.45, 7) is 2.62. The standard InChI is InChI=1S/C7H10ClNO3/c1-2-3-9-5-4(8)6(10)12-7(5)11/h7,9,11H,2-3H2,1H3. The average Bonchev–Trinajstić information content (AvgIpc) is 2.25. The van der Waals surface area contributed by atoms with Gasteiger partial charge in [-0.05, 0) is 6.42 Å². The van der Waals surface area contributed by atoms with E-state index in [1.807, 2.05) is 6.92 Å². The summed E-state index contributed by atoms with van der Waals surface area (Å²) in [6, 6.07) is 0. The van der Waals surface area contributed by atoms with Gasteiger partial charge in [0.2, 0.25) is 6.29 Å². The number of aliphatic hydroxyl groups excluding tert-OH is 1. The van der Waals surface area contributed by atoms with E-state index in [-0.39, 0.29) is 10.7 Å². The van der Waals surface area contributed by atoms with Crippen LogP contribution in [0.4, 0.5) is 0 Å². The predicted octanol–water partition coefficient (Wildman–Crippen LogP) is 0.312. The Kier molecular flexibility index (Phi) is 2.94. The van der Waals surface area contributed by atoms with Crippen molar-refractivity contribution in [2.75, 3.05) is 6.54 Å². The molecule has 0 aromatic heterocycles. The number of esters is 1. The molecule has 1 heterocycles. The molecular formula is C7H10ClNO3. The molecule has 1 rings (SSSR count). The Hall–Kier alpha value is -0.740. The van der Waals surface area contributed by atoms with Gasteiger partial charge in [-0.1, -0.05) is 18.5 Å². The Morgan fingerprint density at radius 3 is 2.83 bits per heavy atom. The minimum absolute atomic E-state index is 0.0593. The van der Waals surface area contributed by atoms with E-state index in [0.29, 0.717) is 6.54 Å². The van der Waals surface area contributed by atoms with Crippen LogP contribution in [0.25, 0.3) is 0 Å². The molecule has 1 unspecified atom stereocenters. The maximum absolute atomic E-state index is 10.7. The third-order valence-corrected chi connectivity index (χ3v) is 1.80.